The second kappa shape index (κ2) is 4.40. The monoisotopic (exact) mass is 249 g/mol. The van der Waals surface area contributed by atoms with Gasteiger partial charge in [0, 0.05) is 12.3 Å². The standard InChI is InChI=1S/C9H15NO5S/c1-5(16(2,14)15)8(11)10-7-3-6(4-7)9(12)13/h5-7H,3-4H2,1-2H3,(H,10,11)(H,12,13). The fourth-order valence-corrected chi connectivity index (χ4v) is 1.91. The van der Waals surface area contributed by atoms with Crippen LogP contribution in [0, 0.1) is 5.92 Å². The van der Waals surface area contributed by atoms with Crippen LogP contribution in [0.5, 0.6) is 0 Å². The van der Waals surface area contributed by atoms with E-state index in [9.17, 15) is 18.0 Å². The van der Waals surface area contributed by atoms with E-state index in [-0.39, 0.29) is 6.04 Å². The number of aliphatic carboxylic acids is 1. The smallest absolute Gasteiger partial charge is 0.306 e. The number of carboxylic acids is 1. The van der Waals surface area contributed by atoms with Crippen LogP contribution in [0.1, 0.15) is 19.8 Å². The molecule has 1 saturated carbocycles. The first-order valence-electron chi connectivity index (χ1n) is 4.94. The molecule has 92 valence electrons. The molecule has 0 aromatic rings. The van der Waals surface area contributed by atoms with Crippen LogP contribution in [0.2, 0.25) is 0 Å². The Labute approximate surface area is 93.9 Å². The highest BCUT2D eigenvalue weighted by atomic mass is 32.2. The van der Waals surface area contributed by atoms with Gasteiger partial charge in [-0.15, -0.1) is 0 Å². The first kappa shape index (κ1) is 13.0. The van der Waals surface area contributed by atoms with Crippen LogP contribution in [-0.4, -0.2) is 42.9 Å². The van der Waals surface area contributed by atoms with Crippen molar-refractivity contribution in [2.45, 2.75) is 31.1 Å². The molecule has 1 fully saturated rings. The van der Waals surface area contributed by atoms with Gasteiger partial charge in [0.2, 0.25) is 5.91 Å². The van der Waals surface area contributed by atoms with Gasteiger partial charge < -0.3 is 10.4 Å². The van der Waals surface area contributed by atoms with Crippen LogP contribution < -0.4 is 5.32 Å². The van der Waals surface area contributed by atoms with Gasteiger partial charge in [0.25, 0.3) is 0 Å². The van der Waals surface area contributed by atoms with E-state index in [1.165, 1.54) is 6.92 Å². The molecular weight excluding hydrogens is 234 g/mol. The predicted octanol–water partition coefficient (Wildman–Crippen LogP) is -0.601. The normalized spacial score (nSPS) is 26.6. The second-order valence-corrected chi connectivity index (χ2v) is 6.55. The third-order valence-electron chi connectivity index (χ3n) is 2.85. The average molecular weight is 249 g/mol. The molecule has 1 atom stereocenters. The van der Waals surface area contributed by atoms with Crippen LogP contribution >= 0.6 is 0 Å². The van der Waals surface area contributed by atoms with E-state index in [4.69, 9.17) is 5.11 Å². The zero-order chi connectivity index (χ0) is 12.5. The zero-order valence-electron chi connectivity index (χ0n) is 9.13. The van der Waals surface area contributed by atoms with Gasteiger partial charge in [-0.25, -0.2) is 8.42 Å². The van der Waals surface area contributed by atoms with Gasteiger partial charge in [0.1, 0.15) is 5.25 Å². The Bertz CT molecular complexity index is 396. The summed E-state index contributed by atoms with van der Waals surface area (Å²) in [4.78, 5) is 21.9. The summed E-state index contributed by atoms with van der Waals surface area (Å²) in [6.07, 6.45) is 1.74. The minimum Gasteiger partial charge on any atom is -0.481 e. The number of carbonyl (C=O) groups is 2. The van der Waals surface area contributed by atoms with Crippen molar-refractivity contribution in [3.8, 4) is 0 Å². The number of nitrogens with one attached hydrogen (secondary N) is 1. The van der Waals surface area contributed by atoms with Crippen molar-refractivity contribution < 1.29 is 23.1 Å². The predicted molar refractivity (Wildman–Crippen MR) is 56.6 cm³/mol. The molecule has 16 heavy (non-hydrogen) atoms. The Morgan fingerprint density at radius 2 is 1.88 bits per heavy atom. The molecule has 0 aromatic heterocycles. The van der Waals surface area contributed by atoms with E-state index in [0.717, 1.165) is 6.26 Å². The van der Waals surface area contributed by atoms with Crippen LogP contribution in [0.15, 0.2) is 0 Å². The minimum atomic E-state index is -3.39. The summed E-state index contributed by atoms with van der Waals surface area (Å²) in [5, 5.41) is 10.1. The number of rotatable bonds is 4. The van der Waals surface area contributed by atoms with Crippen LogP contribution in [0.4, 0.5) is 0 Å². The molecule has 0 bridgehead atoms. The maximum absolute atomic E-state index is 11.4. The van der Waals surface area contributed by atoms with E-state index >= 15 is 0 Å². The molecule has 0 aromatic carbocycles. The quantitative estimate of drug-likeness (QED) is 0.693. The third-order valence-corrected chi connectivity index (χ3v) is 4.34. The van der Waals surface area contributed by atoms with Crippen molar-refractivity contribution >= 4 is 21.7 Å². The fourth-order valence-electron chi connectivity index (χ4n) is 1.45. The highest BCUT2D eigenvalue weighted by Gasteiger charge is 2.36. The summed E-state index contributed by atoms with van der Waals surface area (Å²) in [5.41, 5.74) is 0. The number of hydrogen-bond donors (Lipinski definition) is 2. The number of sulfone groups is 1. The van der Waals surface area contributed by atoms with Gasteiger partial charge in [-0.05, 0) is 19.8 Å². The lowest BCUT2D eigenvalue weighted by Gasteiger charge is -2.33. The van der Waals surface area contributed by atoms with E-state index < -0.39 is 32.9 Å². The first-order chi connectivity index (χ1) is 7.21. The lowest BCUT2D eigenvalue weighted by atomic mass is 9.80. The Kier molecular flexibility index (Phi) is 3.57. The fraction of sp³-hybridized carbons (Fsp3) is 0.778. The van der Waals surface area contributed by atoms with Gasteiger partial charge in [-0.1, -0.05) is 0 Å². The van der Waals surface area contributed by atoms with Crippen LogP contribution in [-0.2, 0) is 19.4 Å². The molecule has 0 saturated heterocycles. The largest absolute Gasteiger partial charge is 0.481 e. The Morgan fingerprint density at radius 1 is 1.38 bits per heavy atom. The number of carboxylic acid groups (broad SMARTS) is 1. The van der Waals surface area contributed by atoms with Crippen LogP contribution in [0.3, 0.4) is 0 Å². The van der Waals surface area contributed by atoms with Crippen molar-refractivity contribution in [2.24, 2.45) is 5.92 Å². The van der Waals surface area contributed by atoms with E-state index in [1.54, 1.807) is 0 Å². The summed E-state index contributed by atoms with van der Waals surface area (Å²) in [6.45, 7) is 1.32. The summed E-state index contributed by atoms with van der Waals surface area (Å²) < 4.78 is 22.2. The second-order valence-electron chi connectivity index (χ2n) is 4.18. The molecule has 2 N–H and O–H groups in total. The molecule has 0 aliphatic heterocycles. The third kappa shape index (κ3) is 2.94. The molecule has 7 heteroatoms. The molecular formula is C9H15NO5S. The number of hydrogen-bond acceptors (Lipinski definition) is 4. The molecule has 6 nitrogen and oxygen atoms in total. The van der Waals surface area contributed by atoms with Gasteiger partial charge >= 0.3 is 5.97 Å². The van der Waals surface area contributed by atoms with Crippen molar-refractivity contribution in [1.29, 1.82) is 0 Å². The zero-order valence-corrected chi connectivity index (χ0v) is 9.95. The topological polar surface area (TPSA) is 101 Å². The Hall–Kier alpha value is -1.11. The highest BCUT2D eigenvalue weighted by molar-refractivity contribution is 7.92. The molecule has 1 amide bonds. The maximum atomic E-state index is 11.4. The SMILES string of the molecule is CC(C(=O)NC1CC(C(=O)O)C1)S(C)(=O)=O. The summed E-state index contributed by atoms with van der Waals surface area (Å²) >= 11 is 0. The van der Waals surface area contributed by atoms with Crippen molar-refractivity contribution in [1.82, 2.24) is 5.32 Å². The summed E-state index contributed by atoms with van der Waals surface area (Å²) in [7, 11) is -3.39. The molecule has 0 radical (unpaired) electrons. The summed E-state index contributed by atoms with van der Waals surface area (Å²) in [6, 6.07) is -0.210. The lowest BCUT2D eigenvalue weighted by molar-refractivity contribution is -0.146. The summed E-state index contributed by atoms with van der Waals surface area (Å²) in [5.74, 6) is -1.85. The van der Waals surface area contributed by atoms with E-state index in [2.05, 4.69) is 5.32 Å². The molecule has 1 aliphatic rings. The van der Waals surface area contributed by atoms with Crippen molar-refractivity contribution in [3.05, 3.63) is 0 Å². The highest BCUT2D eigenvalue weighted by Crippen LogP contribution is 2.27. The first-order valence-corrected chi connectivity index (χ1v) is 6.89. The van der Waals surface area contributed by atoms with Crippen LogP contribution in [0.25, 0.3) is 0 Å². The molecule has 1 rings (SSSR count). The number of carbonyl (C=O) groups excluding carboxylic acids is 1. The van der Waals surface area contributed by atoms with E-state index in [0.29, 0.717) is 12.8 Å². The van der Waals surface area contributed by atoms with E-state index in [1.807, 2.05) is 0 Å². The van der Waals surface area contributed by atoms with Crippen molar-refractivity contribution in [2.75, 3.05) is 6.26 Å². The maximum Gasteiger partial charge on any atom is 0.306 e. The van der Waals surface area contributed by atoms with Gasteiger partial charge in [0.15, 0.2) is 9.84 Å². The Morgan fingerprint density at radius 3 is 2.25 bits per heavy atom. The van der Waals surface area contributed by atoms with Gasteiger partial charge in [-0.2, -0.15) is 0 Å². The van der Waals surface area contributed by atoms with Crippen molar-refractivity contribution in [3.63, 3.8) is 0 Å². The van der Waals surface area contributed by atoms with Gasteiger partial charge in [0.05, 0.1) is 5.92 Å². The Balaban J connectivity index is 2.41. The lowest BCUT2D eigenvalue weighted by Crippen LogP contribution is -2.50. The molecule has 1 unspecified atom stereocenters. The molecule has 1 aliphatic carbocycles. The van der Waals surface area contributed by atoms with Gasteiger partial charge in [-0.3, -0.25) is 9.59 Å². The molecule has 0 spiro atoms. The average Bonchev–Trinajstić information content (AvgIpc) is 2.06. The number of amides is 1. The molecule has 0 heterocycles. The minimum absolute atomic E-state index is 0.210.